The summed E-state index contributed by atoms with van der Waals surface area (Å²) in [6, 6.07) is 5.09. The standard InChI is InChI=1S/C27H36F2N6O3S/c1-18(17-36)33-39-23-15-21(34-11-7-26(5-6-26)8-12-34)20(16-30-23)32-25(37)19-3-4-22(38-2)24(31-19)35-13-9-27(28,29)10-14-35/h3-4,15-16,18,33,36H,5-14,17H2,1-2H3,(H,32,37)/t18-/m1/s1. The van der Waals surface area contributed by atoms with Crippen molar-refractivity contribution in [1.29, 1.82) is 0 Å². The molecule has 1 amide bonds. The minimum absolute atomic E-state index is 0.0128. The van der Waals surface area contributed by atoms with Crippen LogP contribution in [0.3, 0.4) is 0 Å². The van der Waals surface area contributed by atoms with E-state index in [0.29, 0.717) is 22.7 Å². The molecule has 1 saturated carbocycles. The molecule has 9 nitrogen and oxygen atoms in total. The topological polar surface area (TPSA) is 103 Å². The number of piperidine rings is 2. The van der Waals surface area contributed by atoms with Gasteiger partial charge in [-0.05, 0) is 68.2 Å². The van der Waals surface area contributed by atoms with E-state index in [4.69, 9.17) is 4.74 Å². The fourth-order valence-electron chi connectivity index (χ4n) is 5.12. The zero-order valence-corrected chi connectivity index (χ0v) is 23.2. The van der Waals surface area contributed by atoms with Crippen molar-refractivity contribution in [2.24, 2.45) is 5.41 Å². The second kappa shape index (κ2) is 11.4. The first-order valence-corrected chi connectivity index (χ1v) is 14.3. The van der Waals surface area contributed by atoms with E-state index in [9.17, 15) is 18.7 Å². The lowest BCUT2D eigenvalue weighted by Gasteiger charge is -2.35. The molecule has 212 valence electrons. The van der Waals surface area contributed by atoms with Crippen LogP contribution in [0.2, 0.25) is 0 Å². The zero-order valence-electron chi connectivity index (χ0n) is 22.4. The Morgan fingerprint density at radius 1 is 1.13 bits per heavy atom. The molecule has 0 radical (unpaired) electrons. The molecule has 2 aliphatic heterocycles. The first-order chi connectivity index (χ1) is 18.7. The number of nitrogens with zero attached hydrogens (tertiary/aromatic N) is 4. The van der Waals surface area contributed by atoms with Crippen LogP contribution in [-0.4, -0.2) is 72.8 Å². The molecule has 4 heterocycles. The number of hydrogen-bond acceptors (Lipinski definition) is 9. The van der Waals surface area contributed by atoms with Crippen LogP contribution in [-0.2, 0) is 0 Å². The summed E-state index contributed by atoms with van der Waals surface area (Å²) in [5, 5.41) is 13.1. The van der Waals surface area contributed by atoms with Crippen LogP contribution >= 0.6 is 11.9 Å². The van der Waals surface area contributed by atoms with Crippen molar-refractivity contribution < 1.29 is 23.4 Å². The van der Waals surface area contributed by atoms with Crippen molar-refractivity contribution in [3.63, 3.8) is 0 Å². The van der Waals surface area contributed by atoms with Gasteiger partial charge in [0.1, 0.15) is 10.7 Å². The van der Waals surface area contributed by atoms with Gasteiger partial charge in [0.2, 0.25) is 0 Å². The molecule has 0 aromatic carbocycles. The summed E-state index contributed by atoms with van der Waals surface area (Å²) in [6.45, 7) is 3.97. The summed E-state index contributed by atoms with van der Waals surface area (Å²) >= 11 is 1.34. The predicted molar refractivity (Wildman–Crippen MR) is 148 cm³/mol. The highest BCUT2D eigenvalue weighted by atomic mass is 32.2. The number of anilines is 3. The van der Waals surface area contributed by atoms with Crippen LogP contribution in [0.1, 0.15) is 55.9 Å². The van der Waals surface area contributed by atoms with Crippen LogP contribution < -0.4 is 24.6 Å². The second-order valence-corrected chi connectivity index (χ2v) is 11.7. The molecule has 5 rings (SSSR count). The Hall–Kier alpha value is -2.70. The van der Waals surface area contributed by atoms with Gasteiger partial charge >= 0.3 is 0 Å². The van der Waals surface area contributed by atoms with Crippen LogP contribution in [0.5, 0.6) is 5.75 Å². The molecule has 1 atom stereocenters. The van der Waals surface area contributed by atoms with Crippen molar-refractivity contribution in [3.8, 4) is 5.75 Å². The molecule has 3 N–H and O–H groups in total. The molecule has 39 heavy (non-hydrogen) atoms. The SMILES string of the molecule is COc1ccc(C(=O)Nc2cnc(SN[C@H](C)CO)cc2N2CCC3(CC2)CC3)nc1N1CCC(F)(F)CC1. The summed E-state index contributed by atoms with van der Waals surface area (Å²) in [5.41, 5.74) is 2.15. The number of ether oxygens (including phenoxy) is 1. The number of hydrogen-bond donors (Lipinski definition) is 3. The molecule has 2 aromatic rings. The molecule has 1 spiro atoms. The summed E-state index contributed by atoms with van der Waals surface area (Å²) in [6.07, 6.45) is 5.97. The average Bonchev–Trinajstić information content (AvgIpc) is 3.70. The van der Waals surface area contributed by atoms with Crippen molar-refractivity contribution in [2.75, 3.05) is 55.0 Å². The van der Waals surface area contributed by atoms with E-state index in [-0.39, 0.29) is 44.3 Å². The number of aromatic nitrogens is 2. The maximum Gasteiger partial charge on any atom is 0.274 e. The van der Waals surface area contributed by atoms with Crippen molar-refractivity contribution in [2.45, 2.75) is 62.4 Å². The maximum absolute atomic E-state index is 13.7. The lowest BCUT2D eigenvalue weighted by Crippen LogP contribution is -2.40. The summed E-state index contributed by atoms with van der Waals surface area (Å²) in [5.74, 6) is -2.27. The Morgan fingerprint density at radius 3 is 2.46 bits per heavy atom. The van der Waals surface area contributed by atoms with E-state index in [1.807, 2.05) is 13.0 Å². The Kier molecular flexibility index (Phi) is 8.16. The Labute approximate surface area is 231 Å². The number of amides is 1. The summed E-state index contributed by atoms with van der Waals surface area (Å²) in [4.78, 5) is 26.5. The first-order valence-electron chi connectivity index (χ1n) is 13.5. The summed E-state index contributed by atoms with van der Waals surface area (Å²) < 4.78 is 36.0. The van der Waals surface area contributed by atoms with E-state index in [0.717, 1.165) is 36.6 Å². The number of aliphatic hydroxyl groups is 1. The van der Waals surface area contributed by atoms with E-state index >= 15 is 0 Å². The minimum atomic E-state index is -2.69. The molecule has 3 fully saturated rings. The molecule has 1 aliphatic carbocycles. The Morgan fingerprint density at radius 2 is 1.82 bits per heavy atom. The largest absolute Gasteiger partial charge is 0.493 e. The summed E-state index contributed by atoms with van der Waals surface area (Å²) in [7, 11) is 1.50. The number of methoxy groups -OCH3 is 1. The molecule has 2 aromatic heterocycles. The number of pyridine rings is 2. The molecule has 0 bridgehead atoms. The molecular weight excluding hydrogens is 526 g/mol. The van der Waals surface area contributed by atoms with Gasteiger partial charge in [0.15, 0.2) is 11.6 Å². The van der Waals surface area contributed by atoms with Crippen LogP contribution in [0.4, 0.5) is 26.0 Å². The van der Waals surface area contributed by atoms with E-state index in [1.165, 1.54) is 31.9 Å². The molecule has 3 aliphatic rings. The number of alkyl halides is 2. The fourth-order valence-corrected chi connectivity index (χ4v) is 5.79. The highest BCUT2D eigenvalue weighted by molar-refractivity contribution is 7.97. The van der Waals surface area contributed by atoms with Crippen LogP contribution in [0.15, 0.2) is 29.4 Å². The maximum atomic E-state index is 13.7. The fraction of sp³-hybridized carbons (Fsp3) is 0.593. The molecular formula is C27H36F2N6O3S. The van der Waals surface area contributed by atoms with Gasteiger partial charge in [0.25, 0.3) is 11.8 Å². The number of aliphatic hydroxyl groups excluding tert-OH is 1. The average molecular weight is 563 g/mol. The third-order valence-electron chi connectivity index (χ3n) is 7.95. The highest BCUT2D eigenvalue weighted by Crippen LogP contribution is 2.54. The van der Waals surface area contributed by atoms with Crippen LogP contribution in [0.25, 0.3) is 0 Å². The third-order valence-corrected chi connectivity index (χ3v) is 8.90. The molecule has 12 heteroatoms. The third kappa shape index (κ3) is 6.55. The number of rotatable bonds is 9. The number of halogens is 2. The van der Waals surface area contributed by atoms with E-state index < -0.39 is 11.8 Å². The van der Waals surface area contributed by atoms with E-state index in [2.05, 4.69) is 24.9 Å². The first kappa shape index (κ1) is 27.9. The quantitative estimate of drug-likeness (QED) is 0.386. The van der Waals surface area contributed by atoms with Crippen molar-refractivity contribution in [3.05, 3.63) is 30.1 Å². The Balaban J connectivity index is 1.36. The molecule has 0 unspecified atom stereocenters. The lowest BCUT2D eigenvalue weighted by molar-refractivity contribution is -0.0222. The Bertz CT molecular complexity index is 1180. The highest BCUT2D eigenvalue weighted by Gasteiger charge is 2.44. The smallest absolute Gasteiger partial charge is 0.274 e. The van der Waals surface area contributed by atoms with Gasteiger partial charge in [-0.3, -0.25) is 9.52 Å². The predicted octanol–water partition coefficient (Wildman–Crippen LogP) is 4.33. The second-order valence-electron chi connectivity index (χ2n) is 10.8. The number of carbonyl (C=O) groups excluding carboxylic acids is 1. The number of nitrogens with one attached hydrogen (secondary N) is 2. The van der Waals surface area contributed by atoms with Crippen LogP contribution in [0, 0.1) is 5.41 Å². The lowest BCUT2D eigenvalue weighted by atomic mass is 9.93. The van der Waals surface area contributed by atoms with Gasteiger partial charge in [0.05, 0.1) is 31.3 Å². The van der Waals surface area contributed by atoms with Crippen molar-refractivity contribution in [1.82, 2.24) is 14.7 Å². The van der Waals surface area contributed by atoms with Gasteiger partial charge in [-0.15, -0.1) is 0 Å². The van der Waals surface area contributed by atoms with Crippen molar-refractivity contribution >= 4 is 35.0 Å². The zero-order chi connectivity index (χ0) is 27.6. The van der Waals surface area contributed by atoms with Gasteiger partial charge in [0, 0.05) is 45.1 Å². The normalized spacial score (nSPS) is 20.5. The minimum Gasteiger partial charge on any atom is -0.493 e. The van der Waals surface area contributed by atoms with Gasteiger partial charge in [-0.25, -0.2) is 18.7 Å². The van der Waals surface area contributed by atoms with Gasteiger partial charge in [-0.1, -0.05) is 0 Å². The van der Waals surface area contributed by atoms with Gasteiger partial charge in [-0.2, -0.15) is 0 Å². The monoisotopic (exact) mass is 562 g/mol. The van der Waals surface area contributed by atoms with E-state index in [1.54, 1.807) is 23.2 Å². The van der Waals surface area contributed by atoms with Gasteiger partial charge < -0.3 is 25.0 Å². The molecule has 2 saturated heterocycles. The number of carbonyl (C=O) groups is 1.